The normalized spacial score (nSPS) is 22.5. The zero-order valence-electron chi connectivity index (χ0n) is 11.2. The van der Waals surface area contributed by atoms with Crippen LogP contribution in [-0.2, 0) is 9.84 Å². The highest BCUT2D eigenvalue weighted by atomic mass is 79.9. The second-order valence-corrected chi connectivity index (χ2v) is 8.36. The molecular formula is C13H16BrClO4S. The van der Waals surface area contributed by atoms with Gasteiger partial charge in [0.05, 0.1) is 30.7 Å². The number of hydrogen-bond donors (Lipinski definition) is 0. The van der Waals surface area contributed by atoms with E-state index in [9.17, 15) is 8.42 Å². The number of benzene rings is 1. The zero-order chi connectivity index (χ0) is 14.9. The van der Waals surface area contributed by atoms with Crippen LogP contribution in [0.1, 0.15) is 16.8 Å². The molecular weight excluding hydrogens is 368 g/mol. The Balaban J connectivity index is 2.33. The summed E-state index contributed by atoms with van der Waals surface area (Å²) >= 11 is 9.93. The van der Waals surface area contributed by atoms with Crippen molar-refractivity contribution < 1.29 is 17.9 Å². The van der Waals surface area contributed by atoms with E-state index in [2.05, 4.69) is 15.9 Å². The Morgan fingerprint density at radius 3 is 2.55 bits per heavy atom. The van der Waals surface area contributed by atoms with Gasteiger partial charge in [0.2, 0.25) is 0 Å². The van der Waals surface area contributed by atoms with Crippen LogP contribution in [0.15, 0.2) is 12.1 Å². The molecule has 4 nitrogen and oxygen atoms in total. The first-order valence-corrected chi connectivity index (χ1v) is 9.26. The number of alkyl halides is 1. The summed E-state index contributed by atoms with van der Waals surface area (Å²) in [7, 11) is 0.150. The lowest BCUT2D eigenvalue weighted by atomic mass is 9.98. The number of halogens is 2. The second kappa shape index (κ2) is 6.12. The maximum Gasteiger partial charge on any atom is 0.179 e. The van der Waals surface area contributed by atoms with Crippen LogP contribution in [0.3, 0.4) is 0 Å². The Labute approximate surface area is 132 Å². The van der Waals surface area contributed by atoms with Gasteiger partial charge in [0.1, 0.15) is 0 Å². The molecule has 0 saturated carbocycles. The van der Waals surface area contributed by atoms with Gasteiger partial charge in [-0.15, -0.1) is 0 Å². The second-order valence-electron chi connectivity index (χ2n) is 4.77. The van der Waals surface area contributed by atoms with Crippen molar-refractivity contribution in [2.75, 3.05) is 25.7 Å². The summed E-state index contributed by atoms with van der Waals surface area (Å²) < 4.78 is 33.6. The van der Waals surface area contributed by atoms with Crippen molar-refractivity contribution in [3.05, 3.63) is 22.7 Å². The molecule has 2 unspecified atom stereocenters. The van der Waals surface area contributed by atoms with Crippen molar-refractivity contribution >= 4 is 37.4 Å². The van der Waals surface area contributed by atoms with Gasteiger partial charge >= 0.3 is 0 Å². The first-order chi connectivity index (χ1) is 9.39. The maximum atomic E-state index is 11.6. The largest absolute Gasteiger partial charge is 0.493 e. The fourth-order valence-corrected chi connectivity index (χ4v) is 5.83. The van der Waals surface area contributed by atoms with E-state index < -0.39 is 9.84 Å². The van der Waals surface area contributed by atoms with E-state index in [1.165, 1.54) is 7.11 Å². The minimum Gasteiger partial charge on any atom is -0.493 e. The van der Waals surface area contributed by atoms with Gasteiger partial charge in [0.25, 0.3) is 0 Å². The predicted molar refractivity (Wildman–Crippen MR) is 83.0 cm³/mol. The number of rotatable bonds is 4. The van der Waals surface area contributed by atoms with Crippen LogP contribution in [0.2, 0.25) is 5.02 Å². The first-order valence-electron chi connectivity index (χ1n) is 6.14. The Morgan fingerprint density at radius 2 is 2.05 bits per heavy atom. The van der Waals surface area contributed by atoms with Crippen molar-refractivity contribution in [3.8, 4) is 11.5 Å². The summed E-state index contributed by atoms with van der Waals surface area (Å²) in [5, 5.41) is 0.457. The standard InChI is InChI=1S/C13H16BrClO4S/c1-18-10-4-3-9(12(15)13(10)19-2)11(14)8-5-6-20(16,17)7-8/h3-4,8,11H,5-7H2,1-2H3. The number of sulfone groups is 1. The predicted octanol–water partition coefficient (Wildman–Crippen LogP) is 3.23. The van der Waals surface area contributed by atoms with Gasteiger partial charge in [-0.25, -0.2) is 8.42 Å². The lowest BCUT2D eigenvalue weighted by Gasteiger charge is -2.20. The molecule has 1 aliphatic heterocycles. The smallest absolute Gasteiger partial charge is 0.179 e. The third-order valence-corrected chi connectivity index (χ3v) is 6.92. The molecule has 112 valence electrons. The van der Waals surface area contributed by atoms with E-state index >= 15 is 0 Å². The Morgan fingerprint density at radius 1 is 1.35 bits per heavy atom. The fraction of sp³-hybridized carbons (Fsp3) is 0.538. The molecule has 1 aromatic rings. The van der Waals surface area contributed by atoms with E-state index in [-0.39, 0.29) is 22.3 Å². The van der Waals surface area contributed by atoms with Gasteiger partial charge in [0.15, 0.2) is 21.3 Å². The van der Waals surface area contributed by atoms with E-state index in [4.69, 9.17) is 21.1 Å². The fourth-order valence-electron chi connectivity index (χ4n) is 2.43. The Bertz CT molecular complexity index is 603. The van der Waals surface area contributed by atoms with E-state index in [0.29, 0.717) is 22.9 Å². The molecule has 0 N–H and O–H groups in total. The average Bonchev–Trinajstić information content (AvgIpc) is 2.77. The summed E-state index contributed by atoms with van der Waals surface area (Å²) in [6.07, 6.45) is 0.642. The quantitative estimate of drug-likeness (QED) is 0.749. The molecule has 0 aromatic heterocycles. The highest BCUT2D eigenvalue weighted by Gasteiger charge is 2.34. The molecule has 1 aromatic carbocycles. The highest BCUT2D eigenvalue weighted by Crippen LogP contribution is 2.46. The van der Waals surface area contributed by atoms with E-state index in [1.54, 1.807) is 13.2 Å². The van der Waals surface area contributed by atoms with Crippen LogP contribution >= 0.6 is 27.5 Å². The molecule has 0 aliphatic carbocycles. The van der Waals surface area contributed by atoms with E-state index in [1.807, 2.05) is 6.07 Å². The molecule has 7 heteroatoms. The lowest BCUT2D eigenvalue weighted by Crippen LogP contribution is -2.11. The van der Waals surface area contributed by atoms with Gasteiger partial charge in [-0.1, -0.05) is 33.6 Å². The van der Waals surface area contributed by atoms with Crippen molar-refractivity contribution in [1.82, 2.24) is 0 Å². The van der Waals surface area contributed by atoms with Gasteiger partial charge in [-0.05, 0) is 24.0 Å². The van der Waals surface area contributed by atoms with Crippen molar-refractivity contribution in [2.45, 2.75) is 11.2 Å². The molecule has 20 heavy (non-hydrogen) atoms. The first kappa shape index (κ1) is 15.9. The van der Waals surface area contributed by atoms with Crippen LogP contribution in [0, 0.1) is 5.92 Å². The van der Waals surface area contributed by atoms with Crippen molar-refractivity contribution in [2.24, 2.45) is 5.92 Å². The third kappa shape index (κ3) is 3.07. The molecule has 0 amide bonds. The average molecular weight is 384 g/mol. The van der Waals surface area contributed by atoms with Crippen LogP contribution in [0.4, 0.5) is 0 Å². The summed E-state index contributed by atoms with van der Waals surface area (Å²) in [6.45, 7) is 0. The van der Waals surface area contributed by atoms with Crippen LogP contribution in [-0.4, -0.2) is 34.1 Å². The Kier molecular flexibility index (Phi) is 4.87. The van der Waals surface area contributed by atoms with Gasteiger partial charge in [0, 0.05) is 4.83 Å². The number of hydrogen-bond acceptors (Lipinski definition) is 4. The van der Waals surface area contributed by atoms with Gasteiger partial charge in [-0.3, -0.25) is 0 Å². The molecule has 2 rings (SSSR count). The summed E-state index contributed by atoms with van der Waals surface area (Å²) in [6, 6.07) is 3.62. The molecule has 1 aliphatic rings. The summed E-state index contributed by atoms with van der Waals surface area (Å²) in [5.74, 6) is 1.48. The van der Waals surface area contributed by atoms with Crippen LogP contribution in [0.25, 0.3) is 0 Å². The topological polar surface area (TPSA) is 52.6 Å². The molecule has 0 radical (unpaired) electrons. The summed E-state index contributed by atoms with van der Waals surface area (Å²) in [4.78, 5) is -0.118. The maximum absolute atomic E-state index is 11.6. The van der Waals surface area contributed by atoms with Crippen LogP contribution in [0.5, 0.6) is 11.5 Å². The van der Waals surface area contributed by atoms with E-state index in [0.717, 1.165) is 5.56 Å². The van der Waals surface area contributed by atoms with Gasteiger partial charge < -0.3 is 9.47 Å². The van der Waals surface area contributed by atoms with Gasteiger partial charge in [-0.2, -0.15) is 0 Å². The monoisotopic (exact) mass is 382 g/mol. The minimum absolute atomic E-state index is 0.0237. The number of methoxy groups -OCH3 is 2. The Hall–Kier alpha value is -0.460. The molecule has 1 heterocycles. The van der Waals surface area contributed by atoms with Crippen molar-refractivity contribution in [1.29, 1.82) is 0 Å². The molecule has 0 spiro atoms. The van der Waals surface area contributed by atoms with Crippen LogP contribution < -0.4 is 9.47 Å². The third-order valence-electron chi connectivity index (χ3n) is 3.49. The molecule has 0 bridgehead atoms. The highest BCUT2D eigenvalue weighted by molar-refractivity contribution is 9.09. The lowest BCUT2D eigenvalue weighted by molar-refractivity contribution is 0.354. The van der Waals surface area contributed by atoms with Crippen molar-refractivity contribution in [3.63, 3.8) is 0 Å². The molecule has 2 atom stereocenters. The minimum atomic E-state index is -2.92. The molecule has 1 saturated heterocycles. The molecule has 1 fully saturated rings. The zero-order valence-corrected chi connectivity index (χ0v) is 14.4. The summed E-state index contributed by atoms with van der Waals surface area (Å²) in [5.41, 5.74) is 0.825. The number of ether oxygens (including phenoxy) is 2. The SMILES string of the molecule is COc1ccc(C(Br)C2CCS(=O)(=O)C2)c(Cl)c1OC.